The summed E-state index contributed by atoms with van der Waals surface area (Å²) >= 11 is 0. The second-order valence-electron chi connectivity index (χ2n) is 4.35. The van der Waals surface area contributed by atoms with Crippen molar-refractivity contribution in [2.75, 3.05) is 27.3 Å². The van der Waals surface area contributed by atoms with Crippen molar-refractivity contribution in [1.82, 2.24) is 4.90 Å². The lowest BCUT2D eigenvalue weighted by atomic mass is 10.1. The quantitative estimate of drug-likeness (QED) is 0.431. The minimum absolute atomic E-state index is 0.0638. The molecule has 0 bridgehead atoms. The van der Waals surface area contributed by atoms with E-state index in [1.165, 1.54) is 37.3 Å². The Balaban J connectivity index is 2.97. The first kappa shape index (κ1) is 17.4. The summed E-state index contributed by atoms with van der Waals surface area (Å²) in [6.45, 7) is 2.31. The maximum absolute atomic E-state index is 12.4. The molecule has 0 fully saturated rings. The zero-order valence-corrected chi connectivity index (χ0v) is 12.7. The average Bonchev–Trinajstić information content (AvgIpc) is 2.53. The fourth-order valence-electron chi connectivity index (χ4n) is 1.88. The molecule has 1 aromatic carbocycles. The molecule has 8 nitrogen and oxygen atoms in total. The molecule has 1 rings (SSSR count). The van der Waals surface area contributed by atoms with Crippen molar-refractivity contribution >= 4 is 17.6 Å². The van der Waals surface area contributed by atoms with E-state index in [0.717, 1.165) is 0 Å². The molecule has 0 saturated heterocycles. The molecule has 0 aromatic heterocycles. The van der Waals surface area contributed by atoms with E-state index in [2.05, 4.69) is 4.74 Å². The van der Waals surface area contributed by atoms with Gasteiger partial charge in [0.05, 0.1) is 25.6 Å². The molecular weight excluding hydrogens is 292 g/mol. The highest BCUT2D eigenvalue weighted by molar-refractivity contribution is 5.95. The number of hydrogen-bond donors (Lipinski definition) is 0. The van der Waals surface area contributed by atoms with E-state index >= 15 is 0 Å². The number of hydrogen-bond acceptors (Lipinski definition) is 6. The zero-order chi connectivity index (χ0) is 16.7. The number of carbonyl (C=O) groups excluding carboxylic acids is 2. The lowest BCUT2D eigenvalue weighted by Crippen LogP contribution is -2.33. The summed E-state index contributed by atoms with van der Waals surface area (Å²) in [6.07, 6.45) is 0.0638. The Morgan fingerprint density at radius 3 is 2.50 bits per heavy atom. The minimum Gasteiger partial charge on any atom is -0.490 e. The highest BCUT2D eigenvalue weighted by atomic mass is 16.6. The number of nitro benzene ring substituents is 1. The standard InChI is InChI=1S/C14H18N2O6/c1-4-15(8-7-13(17)22-3)14(18)10-5-6-12(21-2)11(9-10)16(19)20/h5-6,9H,4,7-8H2,1-3H3. The molecule has 0 aliphatic rings. The number of ether oxygens (including phenoxy) is 2. The molecule has 0 aliphatic carbocycles. The van der Waals surface area contributed by atoms with Gasteiger partial charge in [-0.3, -0.25) is 19.7 Å². The van der Waals surface area contributed by atoms with Crippen LogP contribution < -0.4 is 4.74 Å². The maximum atomic E-state index is 12.4. The summed E-state index contributed by atoms with van der Waals surface area (Å²) < 4.78 is 9.42. The number of benzene rings is 1. The van der Waals surface area contributed by atoms with Crippen molar-refractivity contribution in [3.8, 4) is 5.75 Å². The van der Waals surface area contributed by atoms with Gasteiger partial charge in [0.25, 0.3) is 5.91 Å². The van der Waals surface area contributed by atoms with E-state index < -0.39 is 16.8 Å². The summed E-state index contributed by atoms with van der Waals surface area (Å²) in [7, 11) is 2.59. The Hall–Kier alpha value is -2.64. The lowest BCUT2D eigenvalue weighted by molar-refractivity contribution is -0.385. The molecule has 1 aromatic rings. The van der Waals surface area contributed by atoms with Crippen LogP contribution >= 0.6 is 0 Å². The van der Waals surface area contributed by atoms with E-state index in [4.69, 9.17) is 4.74 Å². The third-order valence-electron chi connectivity index (χ3n) is 3.10. The Morgan fingerprint density at radius 1 is 1.32 bits per heavy atom. The molecule has 0 spiro atoms. The van der Waals surface area contributed by atoms with Crippen molar-refractivity contribution in [3.05, 3.63) is 33.9 Å². The van der Waals surface area contributed by atoms with Gasteiger partial charge in [-0.2, -0.15) is 0 Å². The van der Waals surface area contributed by atoms with Crippen molar-refractivity contribution in [3.63, 3.8) is 0 Å². The third-order valence-corrected chi connectivity index (χ3v) is 3.10. The Labute approximate surface area is 127 Å². The van der Waals surface area contributed by atoms with E-state index in [1.807, 2.05) is 0 Å². The van der Waals surface area contributed by atoms with Crippen LogP contribution in [0.15, 0.2) is 18.2 Å². The van der Waals surface area contributed by atoms with Gasteiger partial charge in [0.1, 0.15) is 0 Å². The van der Waals surface area contributed by atoms with Crippen LogP contribution in [0.5, 0.6) is 5.75 Å². The summed E-state index contributed by atoms with van der Waals surface area (Å²) in [4.78, 5) is 35.3. The zero-order valence-electron chi connectivity index (χ0n) is 12.7. The van der Waals surface area contributed by atoms with Crippen LogP contribution in [0.3, 0.4) is 0 Å². The molecule has 0 radical (unpaired) electrons. The van der Waals surface area contributed by atoms with Crippen LogP contribution in [-0.4, -0.2) is 49.0 Å². The largest absolute Gasteiger partial charge is 0.490 e. The second-order valence-corrected chi connectivity index (χ2v) is 4.35. The highest BCUT2D eigenvalue weighted by Gasteiger charge is 2.21. The molecule has 0 atom stereocenters. The van der Waals surface area contributed by atoms with Gasteiger partial charge in [0.15, 0.2) is 5.75 Å². The van der Waals surface area contributed by atoms with Crippen LogP contribution in [0.2, 0.25) is 0 Å². The van der Waals surface area contributed by atoms with Gasteiger partial charge in [-0.1, -0.05) is 0 Å². The molecule has 0 saturated carbocycles. The summed E-state index contributed by atoms with van der Waals surface area (Å²) in [5, 5.41) is 11.0. The fourth-order valence-corrected chi connectivity index (χ4v) is 1.88. The normalized spacial score (nSPS) is 9.95. The van der Waals surface area contributed by atoms with E-state index in [-0.39, 0.29) is 30.0 Å². The predicted octanol–water partition coefficient (Wildman–Crippen LogP) is 1.63. The Bertz CT molecular complexity index is 572. The van der Waals surface area contributed by atoms with Crippen LogP contribution in [0.25, 0.3) is 0 Å². The number of methoxy groups -OCH3 is 2. The number of amides is 1. The van der Waals surface area contributed by atoms with Gasteiger partial charge in [0, 0.05) is 24.7 Å². The van der Waals surface area contributed by atoms with Crippen molar-refractivity contribution < 1.29 is 24.0 Å². The molecular formula is C14H18N2O6. The molecule has 1 amide bonds. The second kappa shape index (κ2) is 7.96. The molecule has 0 aliphatic heterocycles. The van der Waals surface area contributed by atoms with Crippen LogP contribution in [0.4, 0.5) is 5.69 Å². The van der Waals surface area contributed by atoms with E-state index in [0.29, 0.717) is 6.54 Å². The molecule has 0 heterocycles. The molecule has 120 valence electrons. The van der Waals surface area contributed by atoms with Gasteiger partial charge in [-0.15, -0.1) is 0 Å². The monoisotopic (exact) mass is 310 g/mol. The minimum atomic E-state index is -0.611. The summed E-state index contributed by atoms with van der Waals surface area (Å²) in [6, 6.07) is 4.00. The predicted molar refractivity (Wildman–Crippen MR) is 77.9 cm³/mol. The summed E-state index contributed by atoms with van der Waals surface area (Å²) in [5.74, 6) is -0.733. The van der Waals surface area contributed by atoms with Gasteiger partial charge in [-0.05, 0) is 19.1 Å². The number of carbonyl (C=O) groups is 2. The average molecular weight is 310 g/mol. The first-order chi connectivity index (χ1) is 10.4. The first-order valence-electron chi connectivity index (χ1n) is 6.63. The SMILES string of the molecule is CCN(CCC(=O)OC)C(=O)c1ccc(OC)c([N+](=O)[O-])c1. The van der Waals surface area contributed by atoms with Crippen LogP contribution in [-0.2, 0) is 9.53 Å². The maximum Gasteiger partial charge on any atom is 0.311 e. The lowest BCUT2D eigenvalue weighted by Gasteiger charge is -2.20. The van der Waals surface area contributed by atoms with Gasteiger partial charge in [0.2, 0.25) is 0 Å². The van der Waals surface area contributed by atoms with Crippen molar-refractivity contribution in [2.24, 2.45) is 0 Å². The van der Waals surface area contributed by atoms with E-state index in [1.54, 1.807) is 6.92 Å². The number of nitrogens with zero attached hydrogens (tertiary/aromatic N) is 2. The smallest absolute Gasteiger partial charge is 0.311 e. The summed E-state index contributed by atoms with van der Waals surface area (Å²) in [5.41, 5.74) is -0.114. The van der Waals surface area contributed by atoms with Crippen molar-refractivity contribution in [1.29, 1.82) is 0 Å². The fraction of sp³-hybridized carbons (Fsp3) is 0.429. The number of esters is 1. The number of rotatable bonds is 7. The van der Waals surface area contributed by atoms with Crippen LogP contribution in [0, 0.1) is 10.1 Å². The van der Waals surface area contributed by atoms with Crippen LogP contribution in [0.1, 0.15) is 23.7 Å². The van der Waals surface area contributed by atoms with Gasteiger partial charge < -0.3 is 14.4 Å². The van der Waals surface area contributed by atoms with Crippen molar-refractivity contribution in [2.45, 2.75) is 13.3 Å². The Morgan fingerprint density at radius 2 is 2.00 bits per heavy atom. The highest BCUT2D eigenvalue weighted by Crippen LogP contribution is 2.28. The van der Waals surface area contributed by atoms with E-state index in [9.17, 15) is 19.7 Å². The molecule has 0 unspecified atom stereocenters. The molecule has 22 heavy (non-hydrogen) atoms. The third kappa shape index (κ3) is 4.18. The first-order valence-corrected chi connectivity index (χ1v) is 6.63. The molecule has 0 N–H and O–H groups in total. The topological polar surface area (TPSA) is 99.0 Å². The molecule has 8 heteroatoms. The number of nitro groups is 1. The van der Waals surface area contributed by atoms with Gasteiger partial charge >= 0.3 is 11.7 Å². The Kier molecular flexibility index (Phi) is 6.30. The van der Waals surface area contributed by atoms with Gasteiger partial charge in [-0.25, -0.2) is 0 Å².